The highest BCUT2D eigenvalue weighted by Gasteiger charge is 2.26. The van der Waals surface area contributed by atoms with Gasteiger partial charge in [-0.1, -0.05) is 12.1 Å². The lowest BCUT2D eigenvalue weighted by molar-refractivity contribution is 0.195. The van der Waals surface area contributed by atoms with Crippen LogP contribution in [-0.4, -0.2) is 47.4 Å². The molecule has 1 saturated heterocycles. The summed E-state index contributed by atoms with van der Waals surface area (Å²) in [5, 5.41) is 18.6. The van der Waals surface area contributed by atoms with Crippen molar-refractivity contribution in [3.05, 3.63) is 60.2 Å². The van der Waals surface area contributed by atoms with Gasteiger partial charge in [0.05, 0.1) is 12.9 Å². The van der Waals surface area contributed by atoms with E-state index in [4.69, 9.17) is 0 Å². The van der Waals surface area contributed by atoms with Gasteiger partial charge in [0.2, 0.25) is 0 Å². The lowest BCUT2D eigenvalue weighted by Gasteiger charge is -2.32. The van der Waals surface area contributed by atoms with E-state index < -0.39 is 0 Å². The average molecular weight is 352 g/mol. The van der Waals surface area contributed by atoms with Crippen molar-refractivity contribution in [2.24, 2.45) is 7.05 Å². The van der Waals surface area contributed by atoms with Gasteiger partial charge >= 0.3 is 0 Å². The first-order valence-corrected chi connectivity index (χ1v) is 9.03. The maximum Gasteiger partial charge on any atom is 0.152 e. The number of phenols is 1. The fraction of sp³-hybridized carbons (Fsp3) is 0.421. The molecule has 1 N–H and O–H groups in total. The van der Waals surface area contributed by atoms with Crippen molar-refractivity contribution in [1.29, 1.82) is 0 Å². The van der Waals surface area contributed by atoms with Crippen LogP contribution in [0.25, 0.3) is 0 Å². The summed E-state index contributed by atoms with van der Waals surface area (Å²) < 4.78 is 4.13. The van der Waals surface area contributed by atoms with Crippen LogP contribution in [-0.2, 0) is 20.1 Å². The molecule has 26 heavy (non-hydrogen) atoms. The molecule has 136 valence electrons. The third-order valence-electron chi connectivity index (χ3n) is 5.07. The number of piperidine rings is 1. The number of likely N-dealkylation sites (tertiary alicyclic amines) is 1. The molecule has 1 aromatic carbocycles. The van der Waals surface area contributed by atoms with Gasteiger partial charge in [0.1, 0.15) is 11.6 Å². The standard InChI is InChI=1S/C19H24N6O/c1-23-18(13-25-9-7-20-14-25)21-22-19(23)16-5-3-8-24(12-16)11-15-4-2-6-17(26)10-15/h2,4,6-7,9-10,14,16,26H,3,5,8,11-13H2,1H3/t16-/m1/s1. The van der Waals surface area contributed by atoms with E-state index in [-0.39, 0.29) is 0 Å². The molecule has 0 unspecified atom stereocenters. The molecule has 0 saturated carbocycles. The van der Waals surface area contributed by atoms with Crippen LogP contribution in [0.3, 0.4) is 0 Å². The van der Waals surface area contributed by atoms with Crippen LogP contribution >= 0.6 is 0 Å². The van der Waals surface area contributed by atoms with Crippen LogP contribution in [0.4, 0.5) is 0 Å². The summed E-state index contributed by atoms with van der Waals surface area (Å²) in [6, 6.07) is 7.52. The second-order valence-electron chi connectivity index (χ2n) is 7.01. The van der Waals surface area contributed by atoms with Crippen LogP contribution < -0.4 is 0 Å². The van der Waals surface area contributed by atoms with Gasteiger partial charge in [0.15, 0.2) is 5.82 Å². The molecule has 1 fully saturated rings. The molecule has 7 heteroatoms. The lowest BCUT2D eigenvalue weighted by atomic mass is 9.96. The van der Waals surface area contributed by atoms with Crippen LogP contribution in [0, 0.1) is 0 Å². The number of imidazole rings is 1. The molecule has 0 aliphatic carbocycles. The van der Waals surface area contributed by atoms with Gasteiger partial charge in [0.25, 0.3) is 0 Å². The van der Waals surface area contributed by atoms with E-state index in [0.717, 1.165) is 49.7 Å². The Hall–Kier alpha value is -2.67. The number of benzene rings is 1. The van der Waals surface area contributed by atoms with Crippen LogP contribution in [0.5, 0.6) is 5.75 Å². The van der Waals surface area contributed by atoms with Crippen LogP contribution in [0.1, 0.15) is 36.0 Å². The zero-order valence-electron chi connectivity index (χ0n) is 15.0. The molecule has 0 radical (unpaired) electrons. The molecule has 0 bridgehead atoms. The fourth-order valence-electron chi connectivity index (χ4n) is 3.74. The summed E-state index contributed by atoms with van der Waals surface area (Å²) in [4.78, 5) is 6.52. The number of hydrogen-bond donors (Lipinski definition) is 1. The van der Waals surface area contributed by atoms with Gasteiger partial charge in [-0.15, -0.1) is 10.2 Å². The van der Waals surface area contributed by atoms with Crippen molar-refractivity contribution in [3.63, 3.8) is 0 Å². The number of rotatable bonds is 5. The molecule has 2 aromatic heterocycles. The summed E-state index contributed by atoms with van der Waals surface area (Å²) >= 11 is 0. The molecule has 3 heterocycles. The first-order chi connectivity index (χ1) is 12.7. The van der Waals surface area contributed by atoms with Gasteiger partial charge in [-0.2, -0.15) is 0 Å². The average Bonchev–Trinajstić information content (AvgIpc) is 3.26. The fourth-order valence-corrected chi connectivity index (χ4v) is 3.74. The minimum absolute atomic E-state index is 0.327. The quantitative estimate of drug-likeness (QED) is 0.762. The number of nitrogens with zero attached hydrogens (tertiary/aromatic N) is 6. The van der Waals surface area contributed by atoms with Crippen molar-refractivity contribution in [3.8, 4) is 5.75 Å². The van der Waals surface area contributed by atoms with Gasteiger partial charge in [-0.05, 0) is 37.1 Å². The molecule has 1 aliphatic rings. The van der Waals surface area contributed by atoms with Gasteiger partial charge in [0, 0.05) is 38.4 Å². The summed E-state index contributed by atoms with van der Waals surface area (Å²) in [6.45, 7) is 3.58. The monoisotopic (exact) mass is 352 g/mol. The van der Waals surface area contributed by atoms with Crippen molar-refractivity contribution in [2.45, 2.75) is 31.8 Å². The molecule has 1 aliphatic heterocycles. The first-order valence-electron chi connectivity index (χ1n) is 9.03. The summed E-state index contributed by atoms with van der Waals surface area (Å²) in [7, 11) is 2.05. The van der Waals surface area contributed by atoms with Crippen molar-refractivity contribution in [1.82, 2.24) is 29.2 Å². The second-order valence-corrected chi connectivity index (χ2v) is 7.01. The SMILES string of the molecule is Cn1c(Cn2ccnc2)nnc1[C@@H]1CCCN(Cc2cccc(O)c2)C1. The highest BCUT2D eigenvalue weighted by Crippen LogP contribution is 2.27. The number of aromatic hydroxyl groups is 1. The van der Waals surface area contributed by atoms with E-state index in [2.05, 4.69) is 37.8 Å². The minimum Gasteiger partial charge on any atom is -0.508 e. The minimum atomic E-state index is 0.327. The molecule has 4 rings (SSSR count). The zero-order chi connectivity index (χ0) is 17.9. The molecule has 0 amide bonds. The predicted octanol–water partition coefficient (Wildman–Crippen LogP) is 2.15. The van der Waals surface area contributed by atoms with Gasteiger partial charge in [-0.3, -0.25) is 4.90 Å². The zero-order valence-corrected chi connectivity index (χ0v) is 15.0. The van der Waals surface area contributed by atoms with E-state index in [1.807, 2.05) is 22.9 Å². The number of aromatic nitrogens is 5. The highest BCUT2D eigenvalue weighted by molar-refractivity contribution is 5.27. The first kappa shape index (κ1) is 16.8. The second kappa shape index (κ2) is 7.29. The molecule has 0 spiro atoms. The summed E-state index contributed by atoms with van der Waals surface area (Å²) in [6.07, 6.45) is 7.79. The van der Waals surface area contributed by atoms with Crippen molar-refractivity contribution >= 4 is 0 Å². The van der Waals surface area contributed by atoms with Crippen molar-refractivity contribution < 1.29 is 5.11 Å². The predicted molar refractivity (Wildman–Crippen MR) is 97.7 cm³/mol. The highest BCUT2D eigenvalue weighted by atomic mass is 16.3. The van der Waals surface area contributed by atoms with E-state index in [9.17, 15) is 5.11 Å². The third kappa shape index (κ3) is 3.62. The number of phenolic OH excluding ortho intramolecular Hbond substituents is 1. The van der Waals surface area contributed by atoms with Gasteiger partial charge in [-0.25, -0.2) is 4.98 Å². The van der Waals surface area contributed by atoms with Crippen LogP contribution in [0.15, 0.2) is 43.0 Å². The Bertz CT molecular complexity index is 857. The summed E-state index contributed by atoms with van der Waals surface area (Å²) in [5.41, 5.74) is 1.14. The number of hydrogen-bond acceptors (Lipinski definition) is 5. The van der Waals surface area contributed by atoms with E-state index in [1.165, 1.54) is 0 Å². The smallest absolute Gasteiger partial charge is 0.152 e. The Kier molecular flexibility index (Phi) is 4.71. The van der Waals surface area contributed by atoms with E-state index in [1.54, 1.807) is 18.6 Å². The molecule has 1 atom stereocenters. The Balaban J connectivity index is 1.45. The largest absolute Gasteiger partial charge is 0.508 e. The van der Waals surface area contributed by atoms with E-state index >= 15 is 0 Å². The third-order valence-corrected chi connectivity index (χ3v) is 5.07. The maximum atomic E-state index is 9.67. The topological polar surface area (TPSA) is 72.0 Å². The Morgan fingerprint density at radius 2 is 2.15 bits per heavy atom. The Morgan fingerprint density at radius 1 is 1.23 bits per heavy atom. The molecule has 7 nitrogen and oxygen atoms in total. The molecular weight excluding hydrogens is 328 g/mol. The normalized spacial score (nSPS) is 18.3. The lowest BCUT2D eigenvalue weighted by Crippen LogP contribution is -2.34. The van der Waals surface area contributed by atoms with Crippen molar-refractivity contribution in [2.75, 3.05) is 13.1 Å². The van der Waals surface area contributed by atoms with Gasteiger partial charge < -0.3 is 14.2 Å². The molecule has 3 aromatic rings. The Morgan fingerprint density at radius 3 is 2.96 bits per heavy atom. The van der Waals surface area contributed by atoms with E-state index in [0.29, 0.717) is 18.2 Å². The summed E-state index contributed by atoms with van der Waals surface area (Å²) in [5.74, 6) is 2.72. The molecular formula is C19H24N6O. The van der Waals surface area contributed by atoms with Crippen LogP contribution in [0.2, 0.25) is 0 Å². The maximum absolute atomic E-state index is 9.67. The Labute approximate surface area is 152 Å².